The van der Waals surface area contributed by atoms with E-state index in [4.69, 9.17) is 17.0 Å². The van der Waals surface area contributed by atoms with Crippen LogP contribution in [-0.2, 0) is 6.42 Å². The maximum Gasteiger partial charge on any atom is 0.257 e. The van der Waals surface area contributed by atoms with Crippen molar-refractivity contribution in [3.8, 4) is 5.75 Å². The van der Waals surface area contributed by atoms with E-state index in [-0.39, 0.29) is 16.9 Å². The van der Waals surface area contributed by atoms with Crippen molar-refractivity contribution in [2.24, 2.45) is 5.92 Å². The first-order chi connectivity index (χ1) is 17.9. The Morgan fingerprint density at radius 2 is 1.68 bits per heavy atom. The fourth-order valence-electron chi connectivity index (χ4n) is 4.11. The van der Waals surface area contributed by atoms with Crippen LogP contribution >= 0.6 is 28.1 Å². The second-order valence-corrected chi connectivity index (χ2v) is 10.5. The summed E-state index contributed by atoms with van der Waals surface area (Å²) in [5.41, 5.74) is 2.99. The highest BCUT2D eigenvalue weighted by Crippen LogP contribution is 2.26. The monoisotopic (exact) mass is 579 g/mol. The molecule has 2 amide bonds. The molecule has 192 valence electrons. The maximum absolute atomic E-state index is 12.7. The van der Waals surface area contributed by atoms with Crippen LogP contribution in [0.3, 0.4) is 0 Å². The van der Waals surface area contributed by atoms with E-state index >= 15 is 0 Å². The van der Waals surface area contributed by atoms with E-state index in [0.717, 1.165) is 32.4 Å². The minimum Gasteiger partial charge on any atom is -0.492 e. The number of halogens is 1. The van der Waals surface area contributed by atoms with Gasteiger partial charge in [-0.3, -0.25) is 14.9 Å². The molecule has 0 aromatic heterocycles. The van der Waals surface area contributed by atoms with Gasteiger partial charge in [-0.05, 0) is 94.9 Å². The lowest BCUT2D eigenvalue weighted by Crippen LogP contribution is -2.37. The molecule has 0 bridgehead atoms. The topological polar surface area (TPSA) is 70.7 Å². The molecule has 0 spiro atoms. The van der Waals surface area contributed by atoms with Crippen molar-refractivity contribution in [1.29, 1.82) is 0 Å². The van der Waals surface area contributed by atoms with Gasteiger partial charge in [-0.2, -0.15) is 0 Å². The zero-order valence-corrected chi connectivity index (χ0v) is 23.1. The predicted molar refractivity (Wildman–Crippen MR) is 154 cm³/mol. The van der Waals surface area contributed by atoms with Crippen molar-refractivity contribution in [1.82, 2.24) is 10.2 Å². The number of hydrogen-bond acceptors (Lipinski definition) is 4. The van der Waals surface area contributed by atoms with Gasteiger partial charge in [0.2, 0.25) is 0 Å². The molecule has 1 aliphatic heterocycles. The molecule has 37 heavy (non-hydrogen) atoms. The minimum absolute atomic E-state index is 0.0485. The van der Waals surface area contributed by atoms with Crippen molar-refractivity contribution in [2.45, 2.75) is 26.2 Å². The number of likely N-dealkylation sites (tertiary alicyclic amines) is 1. The number of rotatable bonds is 7. The summed E-state index contributed by atoms with van der Waals surface area (Å²) in [4.78, 5) is 27.3. The van der Waals surface area contributed by atoms with E-state index in [2.05, 4.69) is 45.6 Å². The third kappa shape index (κ3) is 7.63. The lowest BCUT2D eigenvalue weighted by atomic mass is 9.98. The Kier molecular flexibility index (Phi) is 9.30. The van der Waals surface area contributed by atoms with E-state index in [1.807, 2.05) is 23.1 Å². The molecule has 0 atom stereocenters. The highest BCUT2D eigenvalue weighted by Gasteiger charge is 2.21. The molecule has 1 heterocycles. The molecular weight excluding hydrogens is 550 g/mol. The Bertz CT molecular complexity index is 1240. The van der Waals surface area contributed by atoms with E-state index in [1.54, 1.807) is 42.5 Å². The fraction of sp³-hybridized carbons (Fsp3) is 0.276. The Labute approximate surface area is 231 Å². The van der Waals surface area contributed by atoms with E-state index in [9.17, 15) is 9.59 Å². The van der Waals surface area contributed by atoms with Gasteiger partial charge in [0.25, 0.3) is 11.8 Å². The summed E-state index contributed by atoms with van der Waals surface area (Å²) in [5, 5.41) is 5.87. The van der Waals surface area contributed by atoms with Crippen LogP contribution in [0.25, 0.3) is 0 Å². The van der Waals surface area contributed by atoms with Crippen LogP contribution < -0.4 is 15.4 Å². The summed E-state index contributed by atoms with van der Waals surface area (Å²) in [6, 6.07) is 22.4. The lowest BCUT2D eigenvalue weighted by molar-refractivity contribution is 0.0697. The molecular formula is C29H30BrN3O3S. The van der Waals surface area contributed by atoms with Gasteiger partial charge in [-0.1, -0.05) is 37.3 Å². The van der Waals surface area contributed by atoms with Gasteiger partial charge in [0.05, 0.1) is 11.1 Å². The van der Waals surface area contributed by atoms with Crippen LogP contribution in [0.2, 0.25) is 0 Å². The number of nitrogens with one attached hydrogen (secondary N) is 2. The lowest BCUT2D eigenvalue weighted by Gasteiger charge is -2.30. The number of piperidine rings is 1. The molecule has 0 unspecified atom stereocenters. The van der Waals surface area contributed by atoms with Gasteiger partial charge in [0, 0.05) is 36.3 Å². The maximum atomic E-state index is 12.7. The molecule has 0 saturated carbocycles. The quantitative estimate of drug-likeness (QED) is 0.332. The largest absolute Gasteiger partial charge is 0.492 e. The van der Waals surface area contributed by atoms with Crippen molar-refractivity contribution in [3.63, 3.8) is 0 Å². The number of thiocarbonyl (C=S) groups is 1. The number of benzene rings is 3. The average Bonchev–Trinajstić information content (AvgIpc) is 2.90. The van der Waals surface area contributed by atoms with Gasteiger partial charge in [0.1, 0.15) is 5.75 Å². The van der Waals surface area contributed by atoms with Crippen LogP contribution in [0.15, 0.2) is 77.3 Å². The molecule has 3 aromatic rings. The van der Waals surface area contributed by atoms with Gasteiger partial charge >= 0.3 is 0 Å². The molecule has 0 radical (unpaired) electrons. The summed E-state index contributed by atoms with van der Waals surface area (Å²) in [5.74, 6) is 1.05. The first-order valence-corrected chi connectivity index (χ1v) is 13.6. The molecule has 1 aliphatic rings. The number of hydrogen-bond donors (Lipinski definition) is 2. The van der Waals surface area contributed by atoms with E-state index in [0.29, 0.717) is 39.6 Å². The smallest absolute Gasteiger partial charge is 0.257 e. The standard InChI is InChI=1S/C29H30BrN3O3S/c1-20-13-16-33(17-14-20)28(35)22-7-10-24(11-8-22)31-29(37)32-27(34)23-9-12-26(25(30)19-23)36-18-15-21-5-3-2-4-6-21/h2-12,19-20H,13-18H2,1H3,(H2,31,32,34,37). The zero-order valence-electron chi connectivity index (χ0n) is 20.7. The normalized spacial score (nSPS) is 13.6. The molecule has 1 saturated heterocycles. The Morgan fingerprint density at radius 3 is 2.35 bits per heavy atom. The van der Waals surface area contributed by atoms with E-state index < -0.39 is 0 Å². The molecule has 4 rings (SSSR count). The molecule has 3 aromatic carbocycles. The van der Waals surface area contributed by atoms with Crippen molar-refractivity contribution in [3.05, 3.63) is 94.0 Å². The van der Waals surface area contributed by atoms with Gasteiger partial charge in [0.15, 0.2) is 5.11 Å². The Hall–Kier alpha value is -3.23. The summed E-state index contributed by atoms with van der Waals surface area (Å²) in [6.07, 6.45) is 2.88. The van der Waals surface area contributed by atoms with Gasteiger partial charge < -0.3 is 15.0 Å². The highest BCUT2D eigenvalue weighted by molar-refractivity contribution is 9.10. The van der Waals surface area contributed by atoms with Crippen LogP contribution in [0, 0.1) is 5.92 Å². The van der Waals surface area contributed by atoms with Crippen LogP contribution in [0.1, 0.15) is 46.0 Å². The summed E-state index contributed by atoms with van der Waals surface area (Å²) < 4.78 is 6.55. The molecule has 1 fully saturated rings. The second-order valence-electron chi connectivity index (χ2n) is 9.19. The van der Waals surface area contributed by atoms with Crippen molar-refractivity contribution in [2.75, 3.05) is 25.0 Å². The predicted octanol–water partition coefficient (Wildman–Crippen LogP) is 6.07. The number of nitrogens with zero attached hydrogens (tertiary/aromatic N) is 1. The summed E-state index contributed by atoms with van der Waals surface area (Å²) in [7, 11) is 0. The van der Waals surface area contributed by atoms with Crippen LogP contribution in [0.4, 0.5) is 5.69 Å². The van der Waals surface area contributed by atoms with Gasteiger partial charge in [-0.15, -0.1) is 0 Å². The third-order valence-electron chi connectivity index (χ3n) is 6.37. The van der Waals surface area contributed by atoms with Crippen molar-refractivity contribution < 1.29 is 14.3 Å². The number of carbonyl (C=O) groups excluding carboxylic acids is 2. The number of amides is 2. The number of carbonyl (C=O) groups is 2. The van der Waals surface area contributed by atoms with Crippen LogP contribution in [-0.4, -0.2) is 41.5 Å². The number of anilines is 1. The average molecular weight is 581 g/mol. The minimum atomic E-state index is -0.333. The zero-order chi connectivity index (χ0) is 26.2. The summed E-state index contributed by atoms with van der Waals surface area (Å²) >= 11 is 8.81. The number of ether oxygens (including phenoxy) is 1. The molecule has 8 heteroatoms. The first kappa shape index (κ1) is 26.8. The highest BCUT2D eigenvalue weighted by atomic mass is 79.9. The van der Waals surface area contributed by atoms with E-state index in [1.165, 1.54) is 5.56 Å². The Balaban J connectivity index is 1.26. The van der Waals surface area contributed by atoms with Crippen LogP contribution in [0.5, 0.6) is 5.75 Å². The van der Waals surface area contributed by atoms with Gasteiger partial charge in [-0.25, -0.2) is 0 Å². The molecule has 0 aliphatic carbocycles. The van der Waals surface area contributed by atoms with Crippen molar-refractivity contribution >= 4 is 50.8 Å². The fourth-order valence-corrected chi connectivity index (χ4v) is 4.81. The molecule has 6 nitrogen and oxygen atoms in total. The summed E-state index contributed by atoms with van der Waals surface area (Å²) in [6.45, 7) is 4.35. The Morgan fingerprint density at radius 1 is 1.00 bits per heavy atom. The third-order valence-corrected chi connectivity index (χ3v) is 7.20. The SMILES string of the molecule is CC1CCN(C(=O)c2ccc(NC(=S)NC(=O)c3ccc(OCCc4ccccc4)c(Br)c3)cc2)CC1. The molecule has 2 N–H and O–H groups in total. The second kappa shape index (κ2) is 12.8. The first-order valence-electron chi connectivity index (χ1n) is 12.4.